The number of hydrogen-bond donors (Lipinski definition) is 0. The topological polar surface area (TPSA) is 42.4 Å². The van der Waals surface area contributed by atoms with E-state index in [1.165, 1.54) is 0 Å². The molecule has 1 heterocycles. The lowest BCUT2D eigenvalue weighted by atomic mass is 10.1. The van der Waals surface area contributed by atoms with Crippen molar-refractivity contribution >= 4 is 5.91 Å². The maximum atomic E-state index is 12.2. The number of carbonyl (C=O) groups is 1. The molecule has 0 aliphatic rings. The van der Waals surface area contributed by atoms with E-state index in [0.29, 0.717) is 13.0 Å². The molecule has 1 aromatic heterocycles. The van der Waals surface area contributed by atoms with Crippen molar-refractivity contribution in [1.29, 1.82) is 0 Å². The molecule has 21 heavy (non-hydrogen) atoms. The van der Waals surface area contributed by atoms with Crippen LogP contribution in [0.2, 0.25) is 0 Å². The Kier molecular flexibility index (Phi) is 5.32. The monoisotopic (exact) mass is 284 g/mol. The Bertz CT molecular complexity index is 584. The van der Waals surface area contributed by atoms with Gasteiger partial charge in [0.2, 0.25) is 5.91 Å². The summed E-state index contributed by atoms with van der Waals surface area (Å²) in [4.78, 5) is 18.2. The molecule has 1 aromatic carbocycles. The third kappa shape index (κ3) is 4.60. The zero-order valence-corrected chi connectivity index (χ0v) is 12.5. The molecule has 0 aliphatic carbocycles. The molecule has 2 rings (SSSR count). The lowest BCUT2D eigenvalue weighted by molar-refractivity contribution is -0.129. The van der Waals surface area contributed by atoms with Crippen molar-refractivity contribution in [1.82, 2.24) is 9.88 Å². The number of likely N-dealkylation sites (N-methyl/N-ethyl adjacent to an activating group) is 1. The van der Waals surface area contributed by atoms with E-state index < -0.39 is 0 Å². The Balaban J connectivity index is 1.87. The highest BCUT2D eigenvalue weighted by Gasteiger charge is 2.10. The minimum Gasteiger partial charge on any atom is -0.497 e. The number of nitrogens with zero attached hydrogens (tertiary/aromatic N) is 2. The molecule has 0 N–H and O–H groups in total. The molecule has 0 atom stereocenters. The van der Waals surface area contributed by atoms with Crippen LogP contribution in [0, 0.1) is 0 Å². The van der Waals surface area contributed by atoms with Gasteiger partial charge in [-0.1, -0.05) is 18.2 Å². The van der Waals surface area contributed by atoms with Gasteiger partial charge in [-0.15, -0.1) is 0 Å². The Morgan fingerprint density at radius 2 is 2.10 bits per heavy atom. The largest absolute Gasteiger partial charge is 0.497 e. The number of rotatable bonds is 6. The third-order valence-electron chi connectivity index (χ3n) is 3.34. The molecule has 4 heteroatoms. The van der Waals surface area contributed by atoms with Gasteiger partial charge in [-0.05, 0) is 29.8 Å². The molecular weight excluding hydrogens is 264 g/mol. The second-order valence-corrected chi connectivity index (χ2v) is 4.91. The number of benzene rings is 1. The number of carbonyl (C=O) groups excluding carboxylic acids is 1. The summed E-state index contributed by atoms with van der Waals surface area (Å²) in [5.74, 6) is 0.871. The molecule has 4 nitrogen and oxygen atoms in total. The highest BCUT2D eigenvalue weighted by atomic mass is 16.5. The summed E-state index contributed by atoms with van der Waals surface area (Å²) < 4.78 is 5.17. The predicted octanol–water partition coefficient (Wildman–Crippen LogP) is 2.33. The number of amides is 1. The molecule has 0 unspecified atom stereocenters. The van der Waals surface area contributed by atoms with Crippen molar-refractivity contribution in [2.24, 2.45) is 0 Å². The van der Waals surface area contributed by atoms with Gasteiger partial charge in [0.1, 0.15) is 5.75 Å². The fourth-order valence-corrected chi connectivity index (χ4v) is 2.04. The number of pyridine rings is 1. The maximum absolute atomic E-state index is 12.2. The summed E-state index contributed by atoms with van der Waals surface area (Å²) >= 11 is 0. The highest BCUT2D eigenvalue weighted by Crippen LogP contribution is 2.13. The van der Waals surface area contributed by atoms with Gasteiger partial charge < -0.3 is 9.64 Å². The van der Waals surface area contributed by atoms with Crippen molar-refractivity contribution in [2.75, 3.05) is 20.7 Å². The van der Waals surface area contributed by atoms with Gasteiger partial charge >= 0.3 is 0 Å². The first-order valence-electron chi connectivity index (χ1n) is 6.96. The van der Waals surface area contributed by atoms with E-state index in [9.17, 15) is 4.79 Å². The molecule has 0 fully saturated rings. The Morgan fingerprint density at radius 3 is 2.81 bits per heavy atom. The van der Waals surface area contributed by atoms with Crippen LogP contribution in [0.15, 0.2) is 48.7 Å². The SMILES string of the molecule is COc1cccc(CC(=O)N(C)CCc2ccccn2)c1. The van der Waals surface area contributed by atoms with E-state index in [1.54, 1.807) is 18.2 Å². The van der Waals surface area contributed by atoms with Gasteiger partial charge in [-0.3, -0.25) is 9.78 Å². The smallest absolute Gasteiger partial charge is 0.226 e. The molecule has 0 spiro atoms. The van der Waals surface area contributed by atoms with Crippen molar-refractivity contribution in [3.05, 3.63) is 59.9 Å². The normalized spacial score (nSPS) is 10.2. The van der Waals surface area contributed by atoms with E-state index in [2.05, 4.69) is 4.98 Å². The first-order chi connectivity index (χ1) is 10.2. The summed E-state index contributed by atoms with van der Waals surface area (Å²) in [6.45, 7) is 0.666. The molecule has 2 aromatic rings. The highest BCUT2D eigenvalue weighted by molar-refractivity contribution is 5.78. The summed E-state index contributed by atoms with van der Waals surface area (Å²) in [5.41, 5.74) is 1.96. The van der Waals surface area contributed by atoms with Crippen LogP contribution in [0.25, 0.3) is 0 Å². The maximum Gasteiger partial charge on any atom is 0.226 e. The predicted molar refractivity (Wildman–Crippen MR) is 82.3 cm³/mol. The van der Waals surface area contributed by atoms with Crippen LogP contribution in [0.1, 0.15) is 11.3 Å². The van der Waals surface area contributed by atoms with E-state index in [-0.39, 0.29) is 5.91 Å². The van der Waals surface area contributed by atoms with E-state index >= 15 is 0 Å². The van der Waals surface area contributed by atoms with Gasteiger partial charge in [0, 0.05) is 31.9 Å². The van der Waals surface area contributed by atoms with Crippen molar-refractivity contribution in [2.45, 2.75) is 12.8 Å². The fourth-order valence-electron chi connectivity index (χ4n) is 2.04. The number of methoxy groups -OCH3 is 1. The van der Waals surface area contributed by atoms with Crippen molar-refractivity contribution in [3.63, 3.8) is 0 Å². The molecule has 110 valence electrons. The van der Waals surface area contributed by atoms with Crippen molar-refractivity contribution in [3.8, 4) is 5.75 Å². The van der Waals surface area contributed by atoms with Crippen LogP contribution < -0.4 is 4.74 Å². The molecular formula is C17H20N2O2. The van der Waals surface area contributed by atoms with Crippen LogP contribution in [0.3, 0.4) is 0 Å². The quantitative estimate of drug-likeness (QED) is 0.817. The molecule has 0 saturated carbocycles. The average molecular weight is 284 g/mol. The lowest BCUT2D eigenvalue weighted by Crippen LogP contribution is -2.30. The first kappa shape index (κ1) is 15.0. The zero-order chi connectivity index (χ0) is 15.1. The summed E-state index contributed by atoms with van der Waals surface area (Å²) in [7, 11) is 3.45. The van der Waals surface area contributed by atoms with Crippen LogP contribution in [0.4, 0.5) is 0 Å². The number of ether oxygens (including phenoxy) is 1. The second kappa shape index (κ2) is 7.43. The van der Waals surface area contributed by atoms with Gasteiger partial charge in [-0.2, -0.15) is 0 Å². The zero-order valence-electron chi connectivity index (χ0n) is 12.5. The second-order valence-electron chi connectivity index (χ2n) is 4.91. The average Bonchev–Trinajstić information content (AvgIpc) is 2.53. The number of aromatic nitrogens is 1. The minimum atomic E-state index is 0.0965. The fraction of sp³-hybridized carbons (Fsp3) is 0.294. The van der Waals surface area contributed by atoms with Crippen LogP contribution in [0.5, 0.6) is 5.75 Å². The van der Waals surface area contributed by atoms with E-state index in [1.807, 2.05) is 49.5 Å². The Morgan fingerprint density at radius 1 is 1.24 bits per heavy atom. The van der Waals surface area contributed by atoms with Gasteiger partial charge in [0.05, 0.1) is 13.5 Å². The van der Waals surface area contributed by atoms with Gasteiger partial charge in [-0.25, -0.2) is 0 Å². The summed E-state index contributed by atoms with van der Waals surface area (Å²) in [6, 6.07) is 13.4. The molecule has 1 amide bonds. The molecule has 0 aliphatic heterocycles. The number of hydrogen-bond acceptors (Lipinski definition) is 3. The van der Waals surface area contributed by atoms with Gasteiger partial charge in [0.15, 0.2) is 0 Å². The van der Waals surface area contributed by atoms with Crippen LogP contribution >= 0.6 is 0 Å². The van der Waals surface area contributed by atoms with Crippen LogP contribution in [-0.2, 0) is 17.6 Å². The lowest BCUT2D eigenvalue weighted by Gasteiger charge is -2.17. The molecule has 0 radical (unpaired) electrons. The van der Waals surface area contributed by atoms with Crippen LogP contribution in [-0.4, -0.2) is 36.5 Å². The Hall–Kier alpha value is -2.36. The summed E-state index contributed by atoms with van der Waals surface area (Å²) in [5, 5.41) is 0. The molecule has 0 bridgehead atoms. The Labute approximate surface area is 125 Å². The van der Waals surface area contributed by atoms with E-state index in [4.69, 9.17) is 4.74 Å². The van der Waals surface area contributed by atoms with Gasteiger partial charge in [0.25, 0.3) is 0 Å². The standard InChI is InChI=1S/C17H20N2O2/c1-19(11-9-15-7-3-4-10-18-15)17(20)13-14-6-5-8-16(12-14)21-2/h3-8,10,12H,9,11,13H2,1-2H3. The third-order valence-corrected chi connectivity index (χ3v) is 3.34. The first-order valence-corrected chi connectivity index (χ1v) is 6.96. The summed E-state index contributed by atoms with van der Waals surface area (Å²) in [6.07, 6.45) is 2.92. The molecule has 0 saturated heterocycles. The minimum absolute atomic E-state index is 0.0965. The van der Waals surface area contributed by atoms with Crippen molar-refractivity contribution < 1.29 is 9.53 Å². The van der Waals surface area contributed by atoms with E-state index in [0.717, 1.165) is 23.4 Å².